The topological polar surface area (TPSA) is 64.8 Å². The average Bonchev–Trinajstić information content (AvgIpc) is 2.78. The highest BCUT2D eigenvalue weighted by Crippen LogP contribution is 2.09. The van der Waals surface area contributed by atoms with Crippen molar-refractivity contribution >= 4 is 5.97 Å². The Balaban J connectivity index is 1.94. The highest BCUT2D eigenvalue weighted by Gasteiger charge is 2.16. The molecule has 2 rings (SSSR count). The third-order valence-electron chi connectivity index (χ3n) is 2.44. The molecule has 0 radical (unpaired) electrons. The van der Waals surface area contributed by atoms with Gasteiger partial charge in [-0.3, -0.25) is 4.90 Å². The van der Waals surface area contributed by atoms with Gasteiger partial charge in [-0.25, -0.2) is 4.79 Å². The minimum Gasteiger partial charge on any atom is -0.464 e. The van der Waals surface area contributed by atoms with E-state index >= 15 is 0 Å². The van der Waals surface area contributed by atoms with Crippen molar-refractivity contribution < 1.29 is 18.8 Å². The molecule has 1 saturated heterocycles. The van der Waals surface area contributed by atoms with E-state index in [0.29, 0.717) is 12.3 Å². The number of morpholine rings is 1. The lowest BCUT2D eigenvalue weighted by Gasteiger charge is -2.25. The van der Waals surface area contributed by atoms with Gasteiger partial charge in [0.2, 0.25) is 0 Å². The lowest BCUT2D eigenvalue weighted by molar-refractivity contribution is 0.0305. The van der Waals surface area contributed by atoms with Crippen molar-refractivity contribution in [2.75, 3.05) is 33.4 Å². The van der Waals surface area contributed by atoms with Gasteiger partial charge in [-0.1, -0.05) is 5.16 Å². The smallest absolute Gasteiger partial charge is 0.360 e. The van der Waals surface area contributed by atoms with Crippen LogP contribution in [0, 0.1) is 0 Å². The van der Waals surface area contributed by atoms with Crippen LogP contribution >= 0.6 is 0 Å². The molecule has 0 aromatic carbocycles. The van der Waals surface area contributed by atoms with E-state index < -0.39 is 5.97 Å². The van der Waals surface area contributed by atoms with Gasteiger partial charge < -0.3 is 14.0 Å². The zero-order valence-corrected chi connectivity index (χ0v) is 9.14. The summed E-state index contributed by atoms with van der Waals surface area (Å²) in [4.78, 5) is 13.3. The highest BCUT2D eigenvalue weighted by molar-refractivity contribution is 5.86. The van der Waals surface area contributed by atoms with Crippen LogP contribution in [-0.4, -0.2) is 49.4 Å². The molecule has 2 heterocycles. The molecule has 0 saturated carbocycles. The van der Waals surface area contributed by atoms with E-state index in [4.69, 9.17) is 9.26 Å². The molecule has 1 aliphatic rings. The normalized spacial score (nSPS) is 17.3. The van der Waals surface area contributed by atoms with Gasteiger partial charge in [-0.2, -0.15) is 0 Å². The molecule has 0 aliphatic carbocycles. The molecule has 0 N–H and O–H groups in total. The van der Waals surface area contributed by atoms with Crippen molar-refractivity contribution in [1.29, 1.82) is 0 Å². The first kappa shape index (κ1) is 11.1. The summed E-state index contributed by atoms with van der Waals surface area (Å²) in [5.74, 6) is 0.194. The zero-order valence-electron chi connectivity index (χ0n) is 9.14. The van der Waals surface area contributed by atoms with E-state index in [1.807, 2.05) is 0 Å². The molecule has 0 bridgehead atoms. The second-order valence-corrected chi connectivity index (χ2v) is 3.56. The number of carbonyl (C=O) groups is 1. The number of hydrogen-bond acceptors (Lipinski definition) is 6. The predicted octanol–water partition coefficient (Wildman–Crippen LogP) is 0.293. The van der Waals surface area contributed by atoms with E-state index in [-0.39, 0.29) is 5.69 Å². The molecule has 1 aliphatic heterocycles. The fourth-order valence-electron chi connectivity index (χ4n) is 1.57. The van der Waals surface area contributed by atoms with Gasteiger partial charge in [0.15, 0.2) is 11.5 Å². The van der Waals surface area contributed by atoms with Gasteiger partial charge in [-0.05, 0) is 0 Å². The number of ether oxygens (including phenoxy) is 2. The molecular formula is C10H14N2O4. The quantitative estimate of drug-likeness (QED) is 0.690. The molecular weight excluding hydrogens is 212 g/mol. The minimum atomic E-state index is -0.475. The molecule has 0 amide bonds. The zero-order chi connectivity index (χ0) is 11.4. The van der Waals surface area contributed by atoms with Crippen molar-refractivity contribution in [3.8, 4) is 0 Å². The SMILES string of the molecule is COC(=O)c1cc(CN2CCOCC2)on1. The minimum absolute atomic E-state index is 0.214. The molecule has 1 fully saturated rings. The molecule has 0 spiro atoms. The van der Waals surface area contributed by atoms with Gasteiger partial charge in [0.1, 0.15) is 0 Å². The predicted molar refractivity (Wildman–Crippen MR) is 53.9 cm³/mol. The Kier molecular flexibility index (Phi) is 3.53. The van der Waals surface area contributed by atoms with E-state index in [1.165, 1.54) is 7.11 Å². The third-order valence-corrected chi connectivity index (χ3v) is 2.44. The summed E-state index contributed by atoms with van der Waals surface area (Å²) in [5, 5.41) is 3.64. The lowest BCUT2D eigenvalue weighted by atomic mass is 10.3. The van der Waals surface area contributed by atoms with Crippen LogP contribution in [0.15, 0.2) is 10.6 Å². The highest BCUT2D eigenvalue weighted by atomic mass is 16.5. The Hall–Kier alpha value is -1.40. The van der Waals surface area contributed by atoms with Crippen molar-refractivity contribution in [2.24, 2.45) is 0 Å². The van der Waals surface area contributed by atoms with Crippen LogP contribution in [0.5, 0.6) is 0 Å². The summed E-state index contributed by atoms with van der Waals surface area (Å²) in [7, 11) is 1.32. The van der Waals surface area contributed by atoms with E-state index in [9.17, 15) is 4.79 Å². The number of aromatic nitrogens is 1. The number of nitrogens with zero attached hydrogens (tertiary/aromatic N) is 2. The summed E-state index contributed by atoms with van der Waals surface area (Å²) in [6, 6.07) is 1.61. The van der Waals surface area contributed by atoms with Crippen molar-refractivity contribution in [1.82, 2.24) is 10.1 Å². The van der Waals surface area contributed by atoms with Crippen LogP contribution in [0.3, 0.4) is 0 Å². The fourth-order valence-corrected chi connectivity index (χ4v) is 1.57. The van der Waals surface area contributed by atoms with Crippen LogP contribution in [0.2, 0.25) is 0 Å². The number of rotatable bonds is 3. The molecule has 88 valence electrons. The van der Waals surface area contributed by atoms with Crippen molar-refractivity contribution in [2.45, 2.75) is 6.54 Å². The summed E-state index contributed by atoms with van der Waals surface area (Å²) in [6.07, 6.45) is 0. The Labute approximate surface area is 93.1 Å². The molecule has 6 heteroatoms. The van der Waals surface area contributed by atoms with Crippen molar-refractivity contribution in [3.63, 3.8) is 0 Å². The molecule has 0 unspecified atom stereocenters. The van der Waals surface area contributed by atoms with Crippen LogP contribution < -0.4 is 0 Å². The molecule has 1 aromatic rings. The Morgan fingerprint density at radius 2 is 2.31 bits per heavy atom. The van der Waals surface area contributed by atoms with Crippen molar-refractivity contribution in [3.05, 3.63) is 17.5 Å². The third kappa shape index (κ3) is 2.59. The Morgan fingerprint density at radius 3 is 3.00 bits per heavy atom. The summed E-state index contributed by atoms with van der Waals surface area (Å²) < 4.78 is 14.8. The second kappa shape index (κ2) is 5.09. The summed E-state index contributed by atoms with van der Waals surface area (Å²) in [6.45, 7) is 3.85. The standard InChI is InChI=1S/C10H14N2O4/c1-14-10(13)9-6-8(16-11-9)7-12-2-4-15-5-3-12/h6H,2-5,7H2,1H3. The van der Waals surface area contributed by atoms with Gasteiger partial charge in [0, 0.05) is 19.2 Å². The van der Waals surface area contributed by atoms with Crippen LogP contribution in [0.1, 0.15) is 16.2 Å². The number of esters is 1. The maximum absolute atomic E-state index is 11.1. The maximum Gasteiger partial charge on any atom is 0.360 e. The molecule has 6 nitrogen and oxygen atoms in total. The van der Waals surface area contributed by atoms with Gasteiger partial charge in [0.05, 0.1) is 26.9 Å². The first-order valence-corrected chi connectivity index (χ1v) is 5.13. The van der Waals surface area contributed by atoms with E-state index in [0.717, 1.165) is 26.3 Å². The summed E-state index contributed by atoms with van der Waals surface area (Å²) in [5.41, 5.74) is 0.214. The first-order valence-electron chi connectivity index (χ1n) is 5.13. The lowest BCUT2D eigenvalue weighted by Crippen LogP contribution is -2.35. The molecule has 1 aromatic heterocycles. The average molecular weight is 226 g/mol. The molecule has 0 atom stereocenters. The first-order chi connectivity index (χ1) is 7.79. The maximum atomic E-state index is 11.1. The fraction of sp³-hybridized carbons (Fsp3) is 0.600. The van der Waals surface area contributed by atoms with Crippen LogP contribution in [0.25, 0.3) is 0 Å². The number of hydrogen-bond donors (Lipinski definition) is 0. The van der Waals surface area contributed by atoms with E-state index in [2.05, 4.69) is 14.8 Å². The molecule has 16 heavy (non-hydrogen) atoms. The van der Waals surface area contributed by atoms with Gasteiger partial charge in [0.25, 0.3) is 0 Å². The summed E-state index contributed by atoms with van der Waals surface area (Å²) >= 11 is 0. The van der Waals surface area contributed by atoms with E-state index in [1.54, 1.807) is 6.07 Å². The van der Waals surface area contributed by atoms with Gasteiger partial charge in [-0.15, -0.1) is 0 Å². The number of carbonyl (C=O) groups excluding carboxylic acids is 1. The largest absolute Gasteiger partial charge is 0.464 e. The van der Waals surface area contributed by atoms with Gasteiger partial charge >= 0.3 is 5.97 Å². The van der Waals surface area contributed by atoms with Crippen LogP contribution in [0.4, 0.5) is 0 Å². The van der Waals surface area contributed by atoms with Crippen LogP contribution in [-0.2, 0) is 16.0 Å². The monoisotopic (exact) mass is 226 g/mol. The Morgan fingerprint density at radius 1 is 1.56 bits per heavy atom. The number of methoxy groups -OCH3 is 1. The Bertz CT molecular complexity index is 357. The second-order valence-electron chi connectivity index (χ2n) is 3.56.